The van der Waals surface area contributed by atoms with Crippen LogP contribution in [0.2, 0.25) is 0 Å². The smallest absolute Gasteiger partial charge is 0.251 e. The van der Waals surface area contributed by atoms with Gasteiger partial charge in [-0.2, -0.15) is 0 Å². The maximum Gasteiger partial charge on any atom is 0.251 e. The van der Waals surface area contributed by atoms with Crippen LogP contribution in [0.1, 0.15) is 28.8 Å². The lowest BCUT2D eigenvalue weighted by molar-refractivity contribution is -0.126. The highest BCUT2D eigenvalue weighted by Crippen LogP contribution is 2.17. The van der Waals surface area contributed by atoms with Gasteiger partial charge in [-0.1, -0.05) is 12.1 Å². The molecule has 2 rings (SSSR count). The molecule has 1 aliphatic heterocycles. The van der Waals surface area contributed by atoms with Crippen molar-refractivity contribution >= 4 is 17.9 Å². The molecule has 1 heterocycles. The molecule has 0 aromatic heterocycles. The Kier molecular flexibility index (Phi) is 5.72. The second-order valence-corrected chi connectivity index (χ2v) is 5.42. The number of amides is 2. The molecule has 5 heteroatoms. The highest BCUT2D eigenvalue weighted by Gasteiger charge is 2.26. The monoisotopic (exact) mass is 301 g/mol. The Labute approximate surface area is 131 Å². The molecule has 0 aliphatic carbocycles. The van der Waals surface area contributed by atoms with Crippen LogP contribution in [0, 0.1) is 0 Å². The summed E-state index contributed by atoms with van der Waals surface area (Å²) in [5.41, 5.74) is 1.52. The summed E-state index contributed by atoms with van der Waals surface area (Å²) in [4.78, 5) is 25.7. The predicted molar refractivity (Wildman–Crippen MR) is 87.5 cm³/mol. The van der Waals surface area contributed by atoms with Crippen LogP contribution >= 0.6 is 0 Å². The lowest BCUT2D eigenvalue weighted by Crippen LogP contribution is -2.39. The molecule has 0 saturated carbocycles. The van der Waals surface area contributed by atoms with Crippen LogP contribution in [0.25, 0.3) is 6.08 Å². The van der Waals surface area contributed by atoms with Crippen molar-refractivity contribution in [3.8, 4) is 0 Å². The van der Waals surface area contributed by atoms with Gasteiger partial charge in [-0.3, -0.25) is 9.59 Å². The number of carbonyl (C=O) groups excluding carboxylic acids is 2. The van der Waals surface area contributed by atoms with Crippen molar-refractivity contribution in [1.29, 1.82) is 0 Å². The minimum absolute atomic E-state index is 0.0492. The van der Waals surface area contributed by atoms with Gasteiger partial charge in [-0.15, -0.1) is 0 Å². The first kappa shape index (κ1) is 16.2. The molecule has 1 fully saturated rings. The third-order valence-corrected chi connectivity index (χ3v) is 3.92. The third kappa shape index (κ3) is 3.95. The Morgan fingerprint density at radius 1 is 1.27 bits per heavy atom. The number of hydrogen-bond donors (Lipinski definition) is 2. The fourth-order valence-corrected chi connectivity index (χ4v) is 2.73. The van der Waals surface area contributed by atoms with Crippen molar-refractivity contribution in [2.75, 3.05) is 27.2 Å². The Hall–Kier alpha value is -2.14. The van der Waals surface area contributed by atoms with Gasteiger partial charge in [0.05, 0.1) is 0 Å². The molecule has 22 heavy (non-hydrogen) atoms. The molecule has 2 amide bonds. The van der Waals surface area contributed by atoms with Gasteiger partial charge in [-0.05, 0) is 43.7 Å². The zero-order chi connectivity index (χ0) is 15.9. The van der Waals surface area contributed by atoms with E-state index in [4.69, 9.17) is 0 Å². The van der Waals surface area contributed by atoms with Crippen LogP contribution in [0.15, 0.2) is 30.3 Å². The molecule has 1 aromatic carbocycles. The van der Waals surface area contributed by atoms with E-state index in [9.17, 15) is 9.59 Å². The minimum Gasteiger partial charge on any atom is -0.355 e. The van der Waals surface area contributed by atoms with Crippen LogP contribution in [-0.4, -0.2) is 49.9 Å². The van der Waals surface area contributed by atoms with Gasteiger partial charge < -0.3 is 15.5 Å². The number of likely N-dealkylation sites (N-methyl/N-ethyl adjacent to an activating group) is 1. The Bertz CT molecular complexity index is 552. The minimum atomic E-state index is -0.112. The second kappa shape index (κ2) is 7.75. The van der Waals surface area contributed by atoms with Gasteiger partial charge in [0.2, 0.25) is 5.91 Å². The molecule has 5 nitrogen and oxygen atoms in total. The molecule has 1 unspecified atom stereocenters. The van der Waals surface area contributed by atoms with Gasteiger partial charge in [-0.25, -0.2) is 0 Å². The van der Waals surface area contributed by atoms with E-state index in [2.05, 4.69) is 10.6 Å². The van der Waals surface area contributed by atoms with E-state index in [1.807, 2.05) is 24.1 Å². The maximum atomic E-state index is 12.3. The molecular formula is C17H23N3O2. The van der Waals surface area contributed by atoms with Crippen LogP contribution in [0.3, 0.4) is 0 Å². The molecular weight excluding hydrogens is 278 g/mol. The van der Waals surface area contributed by atoms with E-state index in [1.165, 1.54) is 0 Å². The predicted octanol–water partition coefficient (Wildman–Crippen LogP) is 1.27. The number of likely N-dealkylation sites (tertiary alicyclic amines) is 1. The average molecular weight is 301 g/mol. The van der Waals surface area contributed by atoms with Crippen LogP contribution in [-0.2, 0) is 4.79 Å². The lowest BCUT2D eigenvalue weighted by atomic mass is 10.1. The number of nitrogens with zero attached hydrogens (tertiary/aromatic N) is 1. The van der Waals surface area contributed by atoms with Crippen molar-refractivity contribution in [2.45, 2.75) is 18.9 Å². The van der Waals surface area contributed by atoms with Crippen LogP contribution in [0.5, 0.6) is 0 Å². The number of benzene rings is 1. The molecule has 1 saturated heterocycles. The average Bonchev–Trinajstić information content (AvgIpc) is 3.01. The first-order valence-electron chi connectivity index (χ1n) is 7.61. The van der Waals surface area contributed by atoms with Crippen molar-refractivity contribution < 1.29 is 9.59 Å². The zero-order valence-corrected chi connectivity index (χ0v) is 13.1. The SMILES string of the molecule is CNCC1CCCN1C(=O)/C=C/c1ccc(C(=O)NC)cc1. The van der Waals surface area contributed by atoms with Gasteiger partial charge in [0.1, 0.15) is 0 Å². The first-order valence-corrected chi connectivity index (χ1v) is 7.61. The topological polar surface area (TPSA) is 61.4 Å². The maximum absolute atomic E-state index is 12.3. The Morgan fingerprint density at radius 2 is 2.00 bits per heavy atom. The standard InChI is InChI=1S/C17H23N3O2/c1-18-12-15-4-3-11-20(15)16(21)10-7-13-5-8-14(9-6-13)17(22)19-2/h5-10,15,18H,3-4,11-12H2,1-2H3,(H,19,22)/b10-7+. The summed E-state index contributed by atoms with van der Waals surface area (Å²) >= 11 is 0. The molecule has 1 aliphatic rings. The van der Waals surface area contributed by atoms with E-state index in [-0.39, 0.29) is 17.9 Å². The van der Waals surface area contributed by atoms with Crippen molar-refractivity contribution in [3.05, 3.63) is 41.5 Å². The molecule has 118 valence electrons. The van der Waals surface area contributed by atoms with Gasteiger partial charge in [0, 0.05) is 37.8 Å². The molecule has 0 bridgehead atoms. The number of rotatable bonds is 5. The van der Waals surface area contributed by atoms with E-state index < -0.39 is 0 Å². The Balaban J connectivity index is 1.99. The highest BCUT2D eigenvalue weighted by molar-refractivity contribution is 5.95. The van der Waals surface area contributed by atoms with Crippen molar-refractivity contribution in [1.82, 2.24) is 15.5 Å². The summed E-state index contributed by atoms with van der Waals surface area (Å²) < 4.78 is 0. The van der Waals surface area contributed by atoms with Crippen LogP contribution < -0.4 is 10.6 Å². The molecule has 2 N–H and O–H groups in total. The largest absolute Gasteiger partial charge is 0.355 e. The second-order valence-electron chi connectivity index (χ2n) is 5.42. The summed E-state index contributed by atoms with van der Waals surface area (Å²) in [5, 5.41) is 5.72. The van der Waals surface area contributed by atoms with E-state index in [0.717, 1.165) is 31.5 Å². The zero-order valence-electron chi connectivity index (χ0n) is 13.1. The van der Waals surface area contributed by atoms with E-state index in [0.29, 0.717) is 5.56 Å². The number of nitrogens with one attached hydrogen (secondary N) is 2. The third-order valence-electron chi connectivity index (χ3n) is 3.92. The summed E-state index contributed by atoms with van der Waals surface area (Å²) in [6.45, 7) is 1.66. The normalized spacial score (nSPS) is 17.9. The highest BCUT2D eigenvalue weighted by atomic mass is 16.2. The fourth-order valence-electron chi connectivity index (χ4n) is 2.73. The van der Waals surface area contributed by atoms with E-state index >= 15 is 0 Å². The van der Waals surface area contributed by atoms with Crippen molar-refractivity contribution in [3.63, 3.8) is 0 Å². The summed E-state index contributed by atoms with van der Waals surface area (Å²) in [5.74, 6) is -0.0632. The molecule has 1 aromatic rings. The molecule has 0 spiro atoms. The summed E-state index contributed by atoms with van der Waals surface area (Å²) in [7, 11) is 3.51. The fraction of sp³-hybridized carbons (Fsp3) is 0.412. The lowest BCUT2D eigenvalue weighted by Gasteiger charge is -2.23. The first-order chi connectivity index (χ1) is 10.7. The van der Waals surface area contributed by atoms with Crippen LogP contribution in [0.4, 0.5) is 0 Å². The van der Waals surface area contributed by atoms with Gasteiger partial charge >= 0.3 is 0 Å². The van der Waals surface area contributed by atoms with Crippen molar-refractivity contribution in [2.24, 2.45) is 0 Å². The van der Waals surface area contributed by atoms with E-state index in [1.54, 1.807) is 31.3 Å². The molecule has 1 atom stereocenters. The molecule has 0 radical (unpaired) electrons. The van der Waals surface area contributed by atoms with Gasteiger partial charge in [0.25, 0.3) is 5.91 Å². The number of hydrogen-bond acceptors (Lipinski definition) is 3. The number of carbonyl (C=O) groups is 2. The summed E-state index contributed by atoms with van der Waals surface area (Å²) in [6, 6.07) is 7.47. The summed E-state index contributed by atoms with van der Waals surface area (Å²) in [6.07, 6.45) is 5.53. The Morgan fingerprint density at radius 3 is 2.64 bits per heavy atom. The quantitative estimate of drug-likeness (QED) is 0.805. The van der Waals surface area contributed by atoms with Gasteiger partial charge in [0.15, 0.2) is 0 Å².